The highest BCUT2D eigenvalue weighted by atomic mass is 16.7. The fraction of sp³-hybridized carbons (Fsp3) is 0.625. The van der Waals surface area contributed by atoms with Crippen molar-refractivity contribution in [3.8, 4) is 0 Å². The van der Waals surface area contributed by atoms with E-state index in [9.17, 15) is 14.4 Å². The van der Waals surface area contributed by atoms with Crippen molar-refractivity contribution in [2.45, 2.75) is 70.7 Å². The third kappa shape index (κ3) is 6.83. The van der Waals surface area contributed by atoms with Crippen LogP contribution in [-0.4, -0.2) is 77.3 Å². The van der Waals surface area contributed by atoms with Crippen molar-refractivity contribution in [1.82, 2.24) is 20.3 Å². The van der Waals surface area contributed by atoms with Gasteiger partial charge in [0, 0.05) is 19.6 Å². The number of likely N-dealkylation sites (tertiary alicyclic amines) is 1. The minimum Gasteiger partial charge on any atom is -0.444 e. The summed E-state index contributed by atoms with van der Waals surface area (Å²) in [5, 5.41) is 1.41. The van der Waals surface area contributed by atoms with Gasteiger partial charge in [0.2, 0.25) is 0 Å². The highest BCUT2D eigenvalue weighted by molar-refractivity contribution is 5.88. The molecule has 3 fully saturated rings. The van der Waals surface area contributed by atoms with Crippen LogP contribution in [0.1, 0.15) is 52.0 Å². The average Bonchev–Trinajstić information content (AvgIpc) is 3.41. The van der Waals surface area contributed by atoms with Gasteiger partial charge in [-0.25, -0.2) is 15.1 Å². The second kappa shape index (κ2) is 11.5. The Bertz CT molecular complexity index is 838. The molecule has 4 amide bonds. The molecule has 0 spiro atoms. The number of carbonyl (C=O) groups excluding carboxylic acids is 3. The monoisotopic (exact) mass is 476 g/mol. The molecule has 2 bridgehead atoms. The zero-order valence-electron chi connectivity index (χ0n) is 20.5. The third-order valence-corrected chi connectivity index (χ3v) is 5.80. The second-order valence-corrected chi connectivity index (χ2v) is 9.61. The number of urea groups is 1. The number of hydrogen-bond donors (Lipinski definition) is 1. The summed E-state index contributed by atoms with van der Waals surface area (Å²) in [6.45, 7) is 8.23. The van der Waals surface area contributed by atoms with E-state index in [1.54, 1.807) is 9.80 Å². The molecule has 2 atom stereocenters. The first-order valence-corrected chi connectivity index (χ1v) is 11.8. The van der Waals surface area contributed by atoms with Crippen molar-refractivity contribution in [3.63, 3.8) is 0 Å². The van der Waals surface area contributed by atoms with Crippen LogP contribution < -0.4 is 5.48 Å². The van der Waals surface area contributed by atoms with Crippen LogP contribution in [0.15, 0.2) is 30.3 Å². The fourth-order valence-electron chi connectivity index (χ4n) is 4.18. The minimum atomic E-state index is -0.492. The quantitative estimate of drug-likeness (QED) is 0.656. The van der Waals surface area contributed by atoms with Gasteiger partial charge in [-0.1, -0.05) is 30.3 Å². The van der Waals surface area contributed by atoms with E-state index < -0.39 is 6.04 Å². The first kappa shape index (κ1) is 25.8. The maximum Gasteiger partial charge on any atom is 0.410 e. The second-order valence-electron chi connectivity index (χ2n) is 9.61. The summed E-state index contributed by atoms with van der Waals surface area (Å²) in [5.74, 6) is -0.292. The molecule has 3 saturated heterocycles. The summed E-state index contributed by atoms with van der Waals surface area (Å²) in [5.41, 5.74) is 2.94. The molecule has 0 aromatic heterocycles. The van der Waals surface area contributed by atoms with Gasteiger partial charge in [-0.3, -0.25) is 14.5 Å². The average molecular weight is 477 g/mol. The molecule has 3 aliphatic heterocycles. The van der Waals surface area contributed by atoms with E-state index in [4.69, 9.17) is 9.57 Å². The Hall–Kier alpha value is -2.85. The first-order valence-electron chi connectivity index (χ1n) is 11.8. The number of rotatable bonds is 5. The zero-order chi connectivity index (χ0) is 24.7. The Balaban J connectivity index is 0.000000229. The maximum atomic E-state index is 12.4. The van der Waals surface area contributed by atoms with E-state index in [1.807, 2.05) is 51.1 Å². The molecular weight excluding hydrogens is 440 g/mol. The lowest BCUT2D eigenvalue weighted by Gasteiger charge is -2.28. The largest absolute Gasteiger partial charge is 0.444 e. The van der Waals surface area contributed by atoms with Crippen LogP contribution in [0.4, 0.5) is 9.59 Å². The van der Waals surface area contributed by atoms with Crippen LogP contribution in [0, 0.1) is 0 Å². The summed E-state index contributed by atoms with van der Waals surface area (Å²) in [7, 11) is 1.38. The zero-order valence-corrected chi connectivity index (χ0v) is 20.5. The lowest BCUT2D eigenvalue weighted by Crippen LogP contribution is -2.49. The molecule has 3 heterocycles. The number of hydrogen-bond acceptors (Lipinski definition) is 6. The Labute approximate surface area is 201 Å². The molecule has 0 aliphatic carbocycles. The van der Waals surface area contributed by atoms with Gasteiger partial charge in [0.1, 0.15) is 18.2 Å². The van der Waals surface area contributed by atoms with E-state index in [1.165, 1.54) is 12.2 Å². The van der Waals surface area contributed by atoms with Crippen molar-refractivity contribution in [2.75, 3.05) is 26.7 Å². The number of carbonyl (C=O) groups is 3. The fourth-order valence-corrected chi connectivity index (χ4v) is 4.18. The Kier molecular flexibility index (Phi) is 8.73. The molecule has 1 aromatic carbocycles. The number of amides is 4. The van der Waals surface area contributed by atoms with E-state index in [0.29, 0.717) is 19.6 Å². The Morgan fingerprint density at radius 3 is 2.38 bits per heavy atom. The number of piperidine rings is 1. The summed E-state index contributed by atoms with van der Waals surface area (Å²) in [6.07, 6.45) is 3.40. The molecule has 10 heteroatoms. The third-order valence-electron chi connectivity index (χ3n) is 5.80. The summed E-state index contributed by atoms with van der Waals surface area (Å²) < 4.78 is 5.21. The normalized spacial score (nSPS) is 21.8. The predicted molar refractivity (Wildman–Crippen MR) is 124 cm³/mol. The van der Waals surface area contributed by atoms with Gasteiger partial charge in [0.15, 0.2) is 0 Å². The number of ether oxygens (including phenoxy) is 1. The van der Waals surface area contributed by atoms with Gasteiger partial charge in [-0.15, -0.1) is 0 Å². The van der Waals surface area contributed by atoms with E-state index in [2.05, 4.69) is 10.3 Å². The maximum absolute atomic E-state index is 12.4. The molecule has 1 unspecified atom stereocenters. The first-order chi connectivity index (χ1) is 16.2. The van der Waals surface area contributed by atoms with Crippen LogP contribution in [0.2, 0.25) is 0 Å². The van der Waals surface area contributed by atoms with Gasteiger partial charge in [-0.2, -0.15) is 5.06 Å². The molecule has 34 heavy (non-hydrogen) atoms. The topological polar surface area (TPSA) is 101 Å². The Morgan fingerprint density at radius 2 is 1.76 bits per heavy atom. The number of fused-ring (bicyclic) bond motifs is 2. The van der Waals surface area contributed by atoms with Gasteiger partial charge < -0.3 is 14.5 Å². The lowest BCUT2D eigenvalue weighted by atomic mass is 10.0. The predicted octanol–water partition coefficient (Wildman–Crippen LogP) is 3.08. The highest BCUT2D eigenvalue weighted by Crippen LogP contribution is 2.30. The van der Waals surface area contributed by atoms with E-state index in [0.717, 1.165) is 37.9 Å². The van der Waals surface area contributed by atoms with E-state index in [-0.39, 0.29) is 29.7 Å². The molecular formula is C24H36N4O6. The van der Waals surface area contributed by atoms with Crippen LogP contribution in [0.5, 0.6) is 0 Å². The van der Waals surface area contributed by atoms with Crippen molar-refractivity contribution < 1.29 is 28.8 Å². The van der Waals surface area contributed by atoms with Gasteiger partial charge in [0.05, 0.1) is 13.2 Å². The Morgan fingerprint density at radius 1 is 1.09 bits per heavy atom. The van der Waals surface area contributed by atoms with Gasteiger partial charge in [0.25, 0.3) is 5.91 Å². The standard InChI is InChI=1S/C15H19N3O4.C9H17NO2/c1-21-16-14(19)13-8-7-12-9-17(13)15(20)18(12)22-10-11-5-3-2-4-6-11;1-9(2,3)12-8(11)10-6-4-5-7-10/h2-6,12-13H,7-10H2,1H3,(H,16,19);4-7H2,1-3H3/t12?,13-;/m0./s1. The minimum absolute atomic E-state index is 0.00260. The molecule has 0 saturated carbocycles. The number of nitrogens with zero attached hydrogens (tertiary/aromatic N) is 3. The van der Waals surface area contributed by atoms with Crippen LogP contribution in [0.25, 0.3) is 0 Å². The van der Waals surface area contributed by atoms with Crippen LogP contribution >= 0.6 is 0 Å². The molecule has 0 radical (unpaired) electrons. The number of benzene rings is 1. The van der Waals surface area contributed by atoms with E-state index >= 15 is 0 Å². The number of nitrogens with one attached hydrogen (secondary N) is 1. The van der Waals surface area contributed by atoms with Crippen molar-refractivity contribution in [3.05, 3.63) is 35.9 Å². The van der Waals surface area contributed by atoms with Gasteiger partial charge >= 0.3 is 12.1 Å². The molecule has 10 nitrogen and oxygen atoms in total. The molecule has 3 aliphatic rings. The molecule has 188 valence electrons. The SMILES string of the molecule is CC(C)(C)OC(=O)N1CCCC1.CONC(=O)[C@@H]1CCC2CN1C(=O)N2OCc1ccccc1. The summed E-state index contributed by atoms with van der Waals surface area (Å²) >= 11 is 0. The smallest absolute Gasteiger partial charge is 0.410 e. The van der Waals surface area contributed by atoms with Crippen molar-refractivity contribution >= 4 is 18.0 Å². The summed E-state index contributed by atoms with van der Waals surface area (Å²) in [4.78, 5) is 49.4. The number of hydroxylamine groups is 3. The van der Waals surface area contributed by atoms with Crippen LogP contribution in [-0.2, 0) is 25.8 Å². The lowest BCUT2D eigenvalue weighted by molar-refractivity contribution is -0.140. The highest BCUT2D eigenvalue weighted by Gasteiger charge is 2.48. The van der Waals surface area contributed by atoms with Crippen molar-refractivity contribution in [2.24, 2.45) is 0 Å². The van der Waals surface area contributed by atoms with Gasteiger partial charge in [-0.05, 0) is 52.0 Å². The molecule has 4 rings (SSSR count). The summed E-state index contributed by atoms with van der Waals surface area (Å²) in [6, 6.07) is 8.94. The van der Waals surface area contributed by atoms with Crippen LogP contribution in [0.3, 0.4) is 0 Å². The van der Waals surface area contributed by atoms with Crippen molar-refractivity contribution in [1.29, 1.82) is 0 Å². The molecule has 1 aromatic rings. The molecule has 1 N–H and O–H groups in total.